The Balaban J connectivity index is 1.31. The number of nitrogens with zero attached hydrogens (tertiary/aromatic N) is 6. The number of carbonyl (C=O) groups excluding carboxylic acids is 3. The lowest BCUT2D eigenvalue weighted by Gasteiger charge is -2.47. The predicted octanol–water partition coefficient (Wildman–Crippen LogP) is 4.24. The number of benzene rings is 2. The number of hydrogen-bond donors (Lipinski definition) is 3. The smallest absolute Gasteiger partial charge is 0.332 e. The number of aromatic hydroxyl groups is 1. The molecule has 0 bridgehead atoms. The molecule has 2 aliphatic rings. The fraction of sp³-hybridized carbons (Fsp3) is 0.323. The van der Waals surface area contributed by atoms with E-state index in [0.29, 0.717) is 20.9 Å². The Morgan fingerprint density at radius 2 is 1.98 bits per heavy atom. The van der Waals surface area contributed by atoms with E-state index in [2.05, 4.69) is 15.3 Å². The summed E-state index contributed by atoms with van der Waals surface area (Å²) in [5.74, 6) is -0.530. The van der Waals surface area contributed by atoms with Crippen LogP contribution in [-0.2, 0) is 29.1 Å². The maximum Gasteiger partial charge on any atom is 0.332 e. The molecule has 15 heteroatoms. The van der Waals surface area contributed by atoms with Crippen LogP contribution in [0.2, 0.25) is 10.0 Å². The van der Waals surface area contributed by atoms with Crippen molar-refractivity contribution < 1.29 is 19.5 Å². The van der Waals surface area contributed by atoms with E-state index < -0.39 is 18.2 Å². The Kier molecular flexibility index (Phi) is 8.92. The first-order valence-electron chi connectivity index (χ1n) is 14.7. The predicted molar refractivity (Wildman–Crippen MR) is 176 cm³/mol. The number of urea groups is 1. The molecule has 4 heterocycles. The molecule has 2 aromatic heterocycles. The summed E-state index contributed by atoms with van der Waals surface area (Å²) in [5, 5.41) is 17.2. The van der Waals surface area contributed by atoms with Gasteiger partial charge in [-0.1, -0.05) is 52.7 Å². The number of fused-ring (bicyclic) bond motifs is 2. The molecule has 4 amide bonds. The molecule has 4 N–H and O–H groups in total. The van der Waals surface area contributed by atoms with Crippen molar-refractivity contribution in [1.29, 1.82) is 0 Å². The number of nitrogens with two attached hydrogens (primary N) is 1. The zero-order valence-electron chi connectivity index (χ0n) is 25.1. The molecule has 2 aliphatic heterocycles. The normalized spacial score (nSPS) is 18.5. The van der Waals surface area contributed by atoms with E-state index in [1.807, 2.05) is 32.0 Å². The van der Waals surface area contributed by atoms with Crippen LogP contribution in [0.25, 0.3) is 10.2 Å². The van der Waals surface area contributed by atoms with E-state index >= 15 is 0 Å². The van der Waals surface area contributed by atoms with Crippen LogP contribution in [0.5, 0.6) is 5.75 Å². The van der Waals surface area contributed by atoms with Crippen LogP contribution in [-0.4, -0.2) is 84.1 Å². The Bertz CT molecular complexity index is 1800. The topological polar surface area (TPSA) is 148 Å². The maximum absolute atomic E-state index is 14.2. The van der Waals surface area contributed by atoms with Crippen LogP contribution < -0.4 is 11.1 Å². The molecular weight excluding hydrogens is 651 g/mol. The second-order valence-electron chi connectivity index (χ2n) is 11.5. The lowest BCUT2D eigenvalue weighted by atomic mass is 10.0. The van der Waals surface area contributed by atoms with Crippen molar-refractivity contribution in [3.05, 3.63) is 81.6 Å². The number of amides is 4. The second-order valence-corrected chi connectivity index (χ2v) is 13.4. The highest BCUT2D eigenvalue weighted by Gasteiger charge is 2.52. The zero-order valence-corrected chi connectivity index (χ0v) is 27.4. The highest BCUT2D eigenvalue weighted by atomic mass is 35.5. The zero-order chi connectivity index (χ0) is 32.7. The number of halogens is 2. The summed E-state index contributed by atoms with van der Waals surface area (Å²) in [6.45, 7) is 4.21. The van der Waals surface area contributed by atoms with Gasteiger partial charge in [0, 0.05) is 31.2 Å². The van der Waals surface area contributed by atoms with E-state index in [0.717, 1.165) is 21.3 Å². The number of pyridine rings is 1. The highest BCUT2D eigenvalue weighted by molar-refractivity contribution is 7.22. The summed E-state index contributed by atoms with van der Waals surface area (Å²) in [4.78, 5) is 53.6. The number of nitrogen functional groups attached to an aromatic ring is 1. The summed E-state index contributed by atoms with van der Waals surface area (Å²) in [6, 6.07) is 12.4. The van der Waals surface area contributed by atoms with Gasteiger partial charge in [0.15, 0.2) is 5.13 Å². The van der Waals surface area contributed by atoms with E-state index in [1.54, 1.807) is 39.1 Å². The van der Waals surface area contributed by atoms with Crippen molar-refractivity contribution in [2.24, 2.45) is 0 Å². The van der Waals surface area contributed by atoms with Crippen LogP contribution >= 0.6 is 34.5 Å². The minimum absolute atomic E-state index is 0.00302. The van der Waals surface area contributed by atoms with Crippen molar-refractivity contribution >= 4 is 67.7 Å². The average molecular weight is 684 g/mol. The lowest BCUT2D eigenvalue weighted by molar-refractivity contribution is -0.158. The van der Waals surface area contributed by atoms with E-state index in [-0.39, 0.29) is 56.2 Å². The van der Waals surface area contributed by atoms with Crippen LogP contribution in [0.1, 0.15) is 30.7 Å². The molecule has 0 saturated carbocycles. The van der Waals surface area contributed by atoms with Crippen molar-refractivity contribution in [3.63, 3.8) is 0 Å². The first-order chi connectivity index (χ1) is 22.0. The molecule has 2 atom stereocenters. The number of piperazine rings is 1. The van der Waals surface area contributed by atoms with Gasteiger partial charge in [-0.15, -0.1) is 0 Å². The van der Waals surface area contributed by atoms with Crippen LogP contribution in [0.15, 0.2) is 54.7 Å². The van der Waals surface area contributed by atoms with E-state index in [9.17, 15) is 19.5 Å². The Morgan fingerprint density at radius 3 is 2.70 bits per heavy atom. The van der Waals surface area contributed by atoms with Crippen molar-refractivity contribution in [2.75, 3.05) is 18.8 Å². The standard InChI is InChI=1S/C31H32Cl2N8O4S/c1-17(2)41(31(45)36-12-18-6-9-22(32)23(33)10-18)39-16-27(43)40-24(11-20-7-8-21(42)13-35-20)29(44)38(15-26(39)40)14-19-4-3-5-25-28(19)37-30(34)46-25/h3-10,13,17,24,26,42H,11-12,14-16H2,1-2H3,(H2,34,37)(H,36,45)/t24-,26+/m0/s1. The SMILES string of the molecule is CC(C)N(C(=O)NCc1ccc(Cl)c(Cl)c1)N1CC(=O)N2[C@@H](Cc3ccc(O)cn3)C(=O)N(Cc3cccc4sc(N)nc34)C[C@@H]21. The third-order valence-corrected chi connectivity index (χ3v) is 9.65. The quantitative estimate of drug-likeness (QED) is 0.250. The van der Waals surface area contributed by atoms with Gasteiger partial charge < -0.3 is 26.0 Å². The first-order valence-corrected chi connectivity index (χ1v) is 16.2. The molecule has 2 fully saturated rings. The molecule has 0 spiro atoms. The minimum atomic E-state index is -0.888. The van der Waals surface area contributed by atoms with Gasteiger partial charge in [0.05, 0.1) is 39.5 Å². The Hall–Kier alpha value is -4.17. The number of rotatable bonds is 8. The lowest BCUT2D eigenvalue weighted by Crippen LogP contribution is -2.66. The monoisotopic (exact) mass is 682 g/mol. The maximum atomic E-state index is 14.2. The molecule has 12 nitrogen and oxygen atoms in total. The number of hydrazine groups is 1. The molecule has 0 radical (unpaired) electrons. The van der Waals surface area contributed by atoms with Gasteiger partial charge in [-0.25, -0.2) is 9.78 Å². The third-order valence-electron chi connectivity index (χ3n) is 8.06. The minimum Gasteiger partial charge on any atom is -0.506 e. The fourth-order valence-corrected chi connectivity index (χ4v) is 7.11. The Morgan fingerprint density at radius 1 is 1.17 bits per heavy atom. The van der Waals surface area contributed by atoms with Gasteiger partial charge in [0.1, 0.15) is 18.0 Å². The van der Waals surface area contributed by atoms with Gasteiger partial charge in [-0.3, -0.25) is 19.6 Å². The Labute approximate surface area is 279 Å². The molecule has 2 saturated heterocycles. The number of anilines is 1. The molecule has 2 aromatic carbocycles. The number of thiazole rings is 1. The molecule has 6 rings (SSSR count). The highest BCUT2D eigenvalue weighted by Crippen LogP contribution is 2.33. The summed E-state index contributed by atoms with van der Waals surface area (Å²) in [6.07, 6.45) is 0.803. The molecule has 46 heavy (non-hydrogen) atoms. The number of hydrogen-bond acceptors (Lipinski definition) is 9. The van der Waals surface area contributed by atoms with Gasteiger partial charge in [0.2, 0.25) is 11.8 Å². The summed E-state index contributed by atoms with van der Waals surface area (Å²) >= 11 is 13.6. The summed E-state index contributed by atoms with van der Waals surface area (Å²) in [5.41, 5.74) is 8.85. The molecule has 0 unspecified atom stereocenters. The third kappa shape index (κ3) is 6.27. The summed E-state index contributed by atoms with van der Waals surface area (Å²) in [7, 11) is 0. The fourth-order valence-electron chi connectivity index (χ4n) is 6.01. The number of para-hydroxylation sites is 1. The van der Waals surface area contributed by atoms with Gasteiger partial charge in [0.25, 0.3) is 0 Å². The molecule has 240 valence electrons. The van der Waals surface area contributed by atoms with Crippen LogP contribution in [0.3, 0.4) is 0 Å². The molecular formula is C31H32Cl2N8O4S. The largest absolute Gasteiger partial charge is 0.506 e. The van der Waals surface area contributed by atoms with Crippen LogP contribution in [0.4, 0.5) is 9.93 Å². The second kappa shape index (κ2) is 12.9. The van der Waals surface area contributed by atoms with Crippen LogP contribution in [0, 0.1) is 0 Å². The van der Waals surface area contributed by atoms with Crippen molar-refractivity contribution in [2.45, 2.75) is 51.6 Å². The van der Waals surface area contributed by atoms with Gasteiger partial charge in [-0.05, 0) is 55.3 Å². The number of aromatic nitrogens is 2. The van der Waals surface area contributed by atoms with Gasteiger partial charge >= 0.3 is 6.03 Å². The average Bonchev–Trinajstić information content (AvgIpc) is 3.55. The van der Waals surface area contributed by atoms with Crippen molar-refractivity contribution in [1.82, 2.24) is 35.1 Å². The van der Waals surface area contributed by atoms with E-state index in [4.69, 9.17) is 28.9 Å². The molecule has 4 aromatic rings. The van der Waals surface area contributed by atoms with E-state index in [1.165, 1.54) is 28.6 Å². The summed E-state index contributed by atoms with van der Waals surface area (Å²) < 4.78 is 0.910. The number of carbonyl (C=O) groups is 3. The van der Waals surface area contributed by atoms with Crippen molar-refractivity contribution in [3.8, 4) is 5.75 Å². The first kappa shape index (κ1) is 31.8. The van der Waals surface area contributed by atoms with Gasteiger partial charge in [-0.2, -0.15) is 5.01 Å². The molecule has 0 aliphatic carbocycles. The number of nitrogens with one attached hydrogen (secondary N) is 1.